The SMILES string of the molecule is CN1CCCOc2ccc3[nH]nc(c3c2)-c2cc(ccc2F)OCC1=O. The molecule has 26 heavy (non-hydrogen) atoms. The van der Waals surface area contributed by atoms with Crippen molar-refractivity contribution >= 4 is 16.8 Å². The highest BCUT2D eigenvalue weighted by molar-refractivity contribution is 5.94. The fourth-order valence-electron chi connectivity index (χ4n) is 2.94. The number of aromatic amines is 1. The van der Waals surface area contributed by atoms with E-state index >= 15 is 0 Å². The Kier molecular flexibility index (Phi) is 4.20. The maximum Gasteiger partial charge on any atom is 0.260 e. The third-order valence-electron chi connectivity index (χ3n) is 4.42. The number of halogens is 1. The molecule has 0 radical (unpaired) electrons. The van der Waals surface area contributed by atoms with Crippen molar-refractivity contribution in [2.75, 3.05) is 26.8 Å². The van der Waals surface area contributed by atoms with Gasteiger partial charge >= 0.3 is 0 Å². The maximum atomic E-state index is 14.4. The molecule has 6 nitrogen and oxygen atoms in total. The Bertz CT molecular complexity index is 970. The maximum absolute atomic E-state index is 14.4. The smallest absolute Gasteiger partial charge is 0.260 e. The van der Waals surface area contributed by atoms with Gasteiger partial charge in [-0.25, -0.2) is 4.39 Å². The van der Waals surface area contributed by atoms with Crippen molar-refractivity contribution in [1.82, 2.24) is 15.1 Å². The van der Waals surface area contributed by atoms with Crippen LogP contribution in [0.25, 0.3) is 22.2 Å². The molecule has 3 aromatic rings. The number of fused-ring (bicyclic) bond motifs is 4. The molecule has 4 rings (SSSR count). The number of carbonyl (C=O) groups is 1. The van der Waals surface area contributed by atoms with Gasteiger partial charge < -0.3 is 14.4 Å². The summed E-state index contributed by atoms with van der Waals surface area (Å²) in [5.74, 6) is 0.539. The molecule has 0 spiro atoms. The monoisotopic (exact) mass is 355 g/mol. The molecule has 0 saturated carbocycles. The van der Waals surface area contributed by atoms with Gasteiger partial charge in [-0.3, -0.25) is 9.89 Å². The molecule has 1 amide bonds. The van der Waals surface area contributed by atoms with E-state index in [1.807, 2.05) is 18.2 Å². The minimum Gasteiger partial charge on any atom is -0.494 e. The number of ether oxygens (including phenoxy) is 2. The topological polar surface area (TPSA) is 67.4 Å². The molecular weight excluding hydrogens is 337 g/mol. The number of nitrogens with zero attached hydrogens (tertiary/aromatic N) is 2. The summed E-state index contributed by atoms with van der Waals surface area (Å²) in [4.78, 5) is 13.7. The van der Waals surface area contributed by atoms with Crippen LogP contribution in [0.2, 0.25) is 0 Å². The predicted octanol–water partition coefficient (Wildman–Crippen LogP) is 2.99. The summed E-state index contributed by atoms with van der Waals surface area (Å²) < 4.78 is 25.8. The van der Waals surface area contributed by atoms with Crippen LogP contribution in [-0.4, -0.2) is 47.8 Å². The Labute approximate surface area is 149 Å². The van der Waals surface area contributed by atoms with Gasteiger partial charge in [-0.15, -0.1) is 0 Å². The van der Waals surface area contributed by atoms with Gasteiger partial charge in [-0.05, 0) is 42.8 Å². The van der Waals surface area contributed by atoms with E-state index in [4.69, 9.17) is 9.47 Å². The lowest BCUT2D eigenvalue weighted by Gasteiger charge is -2.17. The molecule has 0 saturated heterocycles. The molecule has 134 valence electrons. The largest absolute Gasteiger partial charge is 0.494 e. The highest BCUT2D eigenvalue weighted by Crippen LogP contribution is 2.33. The summed E-state index contributed by atoms with van der Waals surface area (Å²) in [6, 6.07) is 9.92. The fraction of sp³-hybridized carbons (Fsp3) is 0.263. The predicted molar refractivity (Wildman–Crippen MR) is 94.7 cm³/mol. The van der Waals surface area contributed by atoms with Crippen molar-refractivity contribution < 1.29 is 18.7 Å². The van der Waals surface area contributed by atoms with E-state index in [9.17, 15) is 9.18 Å². The van der Waals surface area contributed by atoms with Gasteiger partial charge in [0, 0.05) is 24.5 Å². The van der Waals surface area contributed by atoms with Gasteiger partial charge in [0.25, 0.3) is 5.91 Å². The minimum atomic E-state index is -0.412. The zero-order valence-electron chi connectivity index (χ0n) is 14.3. The Balaban J connectivity index is 1.81. The van der Waals surface area contributed by atoms with E-state index < -0.39 is 5.82 Å². The number of rotatable bonds is 0. The quantitative estimate of drug-likeness (QED) is 0.673. The Morgan fingerprint density at radius 3 is 2.85 bits per heavy atom. The molecular formula is C19H18FN3O3. The number of hydrogen-bond donors (Lipinski definition) is 1. The molecule has 1 aliphatic heterocycles. The molecule has 0 atom stereocenters. The van der Waals surface area contributed by atoms with E-state index in [0.717, 1.165) is 10.9 Å². The molecule has 0 fully saturated rings. The summed E-state index contributed by atoms with van der Waals surface area (Å²) in [5.41, 5.74) is 1.57. The first kappa shape index (κ1) is 16.4. The van der Waals surface area contributed by atoms with E-state index in [-0.39, 0.29) is 12.5 Å². The van der Waals surface area contributed by atoms with Crippen molar-refractivity contribution in [2.24, 2.45) is 0 Å². The van der Waals surface area contributed by atoms with Crippen LogP contribution < -0.4 is 9.47 Å². The Morgan fingerprint density at radius 1 is 1.15 bits per heavy atom. The molecule has 7 heteroatoms. The summed E-state index contributed by atoms with van der Waals surface area (Å²) in [6.45, 7) is 0.932. The van der Waals surface area contributed by atoms with Crippen LogP contribution in [0.1, 0.15) is 6.42 Å². The third-order valence-corrected chi connectivity index (χ3v) is 4.42. The number of hydrogen-bond acceptors (Lipinski definition) is 4. The number of carbonyl (C=O) groups excluding carboxylic acids is 1. The van der Waals surface area contributed by atoms with Crippen LogP contribution in [0, 0.1) is 5.82 Å². The van der Waals surface area contributed by atoms with Crippen molar-refractivity contribution in [2.45, 2.75) is 6.42 Å². The molecule has 0 unspecified atom stereocenters. The van der Waals surface area contributed by atoms with Crippen LogP contribution in [0.5, 0.6) is 11.5 Å². The van der Waals surface area contributed by atoms with Crippen molar-refractivity contribution in [3.05, 3.63) is 42.2 Å². The molecule has 0 aliphatic carbocycles. The molecule has 4 bridgehead atoms. The Morgan fingerprint density at radius 2 is 1.96 bits per heavy atom. The van der Waals surface area contributed by atoms with Gasteiger partial charge in [-0.1, -0.05) is 0 Å². The van der Waals surface area contributed by atoms with E-state index in [1.54, 1.807) is 18.0 Å². The summed E-state index contributed by atoms with van der Waals surface area (Å²) in [7, 11) is 1.72. The summed E-state index contributed by atoms with van der Waals surface area (Å²) in [6.07, 6.45) is 0.695. The van der Waals surface area contributed by atoms with Gasteiger partial charge in [0.2, 0.25) is 0 Å². The van der Waals surface area contributed by atoms with Crippen LogP contribution in [0.3, 0.4) is 0 Å². The van der Waals surface area contributed by atoms with Crippen molar-refractivity contribution in [3.63, 3.8) is 0 Å². The second-order valence-electron chi connectivity index (χ2n) is 6.23. The zero-order valence-corrected chi connectivity index (χ0v) is 14.3. The van der Waals surface area contributed by atoms with E-state index in [2.05, 4.69) is 10.2 Å². The lowest BCUT2D eigenvalue weighted by molar-refractivity contribution is -0.132. The summed E-state index contributed by atoms with van der Waals surface area (Å²) in [5, 5.41) is 7.93. The average Bonchev–Trinajstić information content (AvgIpc) is 3.06. The molecule has 1 aromatic heterocycles. The molecule has 1 N–H and O–H groups in total. The third kappa shape index (κ3) is 3.08. The van der Waals surface area contributed by atoms with Gasteiger partial charge in [-0.2, -0.15) is 5.10 Å². The summed E-state index contributed by atoms with van der Waals surface area (Å²) >= 11 is 0. The van der Waals surface area contributed by atoms with Crippen LogP contribution in [0.15, 0.2) is 36.4 Å². The number of amides is 1. The standard InChI is InChI=1S/C19H18FN3O3/c1-23-7-2-8-25-12-4-6-17-15(10-12)19(22-21-17)14-9-13(3-5-16(14)20)26-11-18(23)24/h3-6,9-10H,2,7-8,11H2,1H3,(H,21,22). The second-order valence-corrected chi connectivity index (χ2v) is 6.23. The number of benzene rings is 2. The number of aromatic nitrogens is 2. The fourth-order valence-corrected chi connectivity index (χ4v) is 2.94. The van der Waals surface area contributed by atoms with Gasteiger partial charge in [0.1, 0.15) is 23.0 Å². The first-order chi connectivity index (χ1) is 12.6. The van der Waals surface area contributed by atoms with Crippen LogP contribution in [0.4, 0.5) is 4.39 Å². The van der Waals surface area contributed by atoms with Gasteiger partial charge in [0.05, 0.1) is 12.1 Å². The average molecular weight is 355 g/mol. The minimum absolute atomic E-state index is 0.105. The number of likely N-dealkylation sites (N-methyl/N-ethyl adjacent to an activating group) is 1. The molecule has 1 aliphatic rings. The van der Waals surface area contributed by atoms with Crippen molar-refractivity contribution in [1.29, 1.82) is 0 Å². The normalized spacial score (nSPS) is 15.3. The number of H-pyrrole nitrogens is 1. The van der Waals surface area contributed by atoms with E-state index in [0.29, 0.717) is 42.3 Å². The zero-order chi connectivity index (χ0) is 18.1. The van der Waals surface area contributed by atoms with Crippen molar-refractivity contribution in [3.8, 4) is 22.8 Å². The highest BCUT2D eigenvalue weighted by atomic mass is 19.1. The first-order valence-corrected chi connectivity index (χ1v) is 8.39. The first-order valence-electron chi connectivity index (χ1n) is 8.39. The van der Waals surface area contributed by atoms with E-state index in [1.165, 1.54) is 12.1 Å². The molecule has 2 heterocycles. The van der Waals surface area contributed by atoms with Gasteiger partial charge in [0.15, 0.2) is 6.61 Å². The van der Waals surface area contributed by atoms with Crippen LogP contribution >= 0.6 is 0 Å². The Hall–Kier alpha value is -3.09. The lowest BCUT2D eigenvalue weighted by atomic mass is 10.1. The highest BCUT2D eigenvalue weighted by Gasteiger charge is 2.16. The molecule has 2 aromatic carbocycles. The number of nitrogens with one attached hydrogen (secondary N) is 1. The second kappa shape index (κ2) is 6.67. The van der Waals surface area contributed by atoms with Crippen LogP contribution in [-0.2, 0) is 4.79 Å². The lowest BCUT2D eigenvalue weighted by Crippen LogP contribution is -2.32.